The van der Waals surface area contributed by atoms with Gasteiger partial charge in [-0.05, 0) is 50.5 Å². The minimum absolute atomic E-state index is 0.0499. The molecule has 2 aliphatic heterocycles. The number of nitrogens with zero attached hydrogens (tertiary/aromatic N) is 2. The van der Waals surface area contributed by atoms with Gasteiger partial charge in [0.05, 0.1) is 5.41 Å². The van der Waals surface area contributed by atoms with Gasteiger partial charge in [0.15, 0.2) is 5.78 Å². The van der Waals surface area contributed by atoms with Gasteiger partial charge in [-0.3, -0.25) is 19.3 Å². The van der Waals surface area contributed by atoms with Crippen molar-refractivity contribution in [2.45, 2.75) is 71.8 Å². The molecule has 0 aliphatic carbocycles. The number of Topliss-reactive ketones (excluding diaryl/α,β-unsaturated/α-hetero) is 1. The van der Waals surface area contributed by atoms with E-state index in [9.17, 15) is 14.0 Å². The average Bonchev–Trinajstić information content (AvgIpc) is 3.24. The van der Waals surface area contributed by atoms with Crippen LogP contribution in [0.4, 0.5) is 10.1 Å². The maximum Gasteiger partial charge on any atom is 0.312 e. The number of primary amides is 1. The fraction of sp³-hybridized carbons (Fsp3) is 0.633. The van der Waals surface area contributed by atoms with Crippen LogP contribution in [0, 0.1) is 24.1 Å². The molecule has 0 radical (unpaired) electrons. The summed E-state index contributed by atoms with van der Waals surface area (Å²) in [5.74, 6) is -0.0713. The van der Waals surface area contributed by atoms with Crippen molar-refractivity contribution >= 4 is 23.9 Å². The Labute approximate surface area is 234 Å². The predicted molar refractivity (Wildman–Crippen MR) is 154 cm³/mol. The van der Waals surface area contributed by atoms with Crippen LogP contribution in [0.3, 0.4) is 0 Å². The molecule has 2 fully saturated rings. The standard InChI is InChI=1S/C23H35FN2O2.C4H8O2.C2H2.CH3NO/c1-3-5-12-23(11-4-2)18-21(28-22(23)27)10-13-25-14-16-26(17-15-25)20-8-6-19(24)7-9-20;1-4(5)3-6-2;1-2;2-1-3/h6-9,21H,3-5,10-18H2,1-2H3;3H2,1-2H3;1-2H;1H,(H2,2,3)/t21-,23?;;;/m0.../s1. The van der Waals surface area contributed by atoms with Crippen molar-refractivity contribution in [1.82, 2.24) is 4.90 Å². The van der Waals surface area contributed by atoms with E-state index < -0.39 is 0 Å². The Morgan fingerprint density at radius 3 is 2.21 bits per heavy atom. The zero-order valence-electron chi connectivity index (χ0n) is 24.2. The van der Waals surface area contributed by atoms with Gasteiger partial charge in [0, 0.05) is 51.9 Å². The summed E-state index contributed by atoms with van der Waals surface area (Å²) in [5.41, 5.74) is 5.03. The lowest BCUT2D eigenvalue weighted by Crippen LogP contribution is -2.47. The molecule has 0 aromatic heterocycles. The number of hydrogen-bond acceptors (Lipinski definition) is 7. The van der Waals surface area contributed by atoms with E-state index in [0.717, 1.165) is 83.4 Å². The highest BCUT2D eigenvalue weighted by molar-refractivity contribution is 5.79. The molecule has 220 valence electrons. The van der Waals surface area contributed by atoms with Crippen molar-refractivity contribution in [3.63, 3.8) is 0 Å². The molecule has 0 bridgehead atoms. The molecule has 1 unspecified atom stereocenters. The first-order valence-electron chi connectivity index (χ1n) is 13.7. The van der Waals surface area contributed by atoms with Gasteiger partial charge in [-0.2, -0.15) is 0 Å². The summed E-state index contributed by atoms with van der Waals surface area (Å²) in [4.78, 5) is 35.9. The van der Waals surface area contributed by atoms with Crippen LogP contribution in [0.15, 0.2) is 24.3 Å². The molecule has 3 rings (SSSR count). The number of benzene rings is 1. The van der Waals surface area contributed by atoms with E-state index in [1.165, 1.54) is 26.2 Å². The van der Waals surface area contributed by atoms with Crippen LogP contribution < -0.4 is 10.6 Å². The van der Waals surface area contributed by atoms with Gasteiger partial charge < -0.3 is 20.1 Å². The van der Waals surface area contributed by atoms with Gasteiger partial charge >= 0.3 is 5.97 Å². The summed E-state index contributed by atoms with van der Waals surface area (Å²) >= 11 is 0. The number of esters is 1. The molecule has 1 amide bonds. The van der Waals surface area contributed by atoms with Crippen LogP contribution in [0.5, 0.6) is 0 Å². The predicted octanol–water partition coefficient (Wildman–Crippen LogP) is 4.20. The van der Waals surface area contributed by atoms with Crippen molar-refractivity contribution in [3.8, 4) is 12.8 Å². The summed E-state index contributed by atoms with van der Waals surface area (Å²) in [6.07, 6.45) is 15.4. The number of rotatable bonds is 11. The summed E-state index contributed by atoms with van der Waals surface area (Å²) in [7, 11) is 1.50. The molecule has 0 spiro atoms. The summed E-state index contributed by atoms with van der Waals surface area (Å²) in [6.45, 7) is 10.9. The summed E-state index contributed by atoms with van der Waals surface area (Å²) in [5, 5.41) is 0. The highest BCUT2D eigenvalue weighted by Crippen LogP contribution is 2.43. The Bertz CT molecular complexity index is 841. The van der Waals surface area contributed by atoms with E-state index in [4.69, 9.17) is 9.53 Å². The van der Waals surface area contributed by atoms with E-state index in [1.807, 2.05) is 12.1 Å². The van der Waals surface area contributed by atoms with Crippen molar-refractivity contribution in [1.29, 1.82) is 0 Å². The number of nitrogens with two attached hydrogens (primary N) is 1. The van der Waals surface area contributed by atoms with Crippen molar-refractivity contribution in [2.75, 3.05) is 51.3 Å². The lowest BCUT2D eigenvalue weighted by atomic mass is 9.76. The second-order valence-electron chi connectivity index (χ2n) is 9.73. The molecule has 1 aromatic rings. The molecule has 39 heavy (non-hydrogen) atoms. The van der Waals surface area contributed by atoms with E-state index in [2.05, 4.69) is 47.0 Å². The third kappa shape index (κ3) is 13.6. The number of unbranched alkanes of at least 4 members (excludes halogenated alkanes) is 1. The van der Waals surface area contributed by atoms with Crippen LogP contribution in [0.25, 0.3) is 0 Å². The van der Waals surface area contributed by atoms with Gasteiger partial charge in [-0.25, -0.2) is 4.39 Å². The molecule has 2 atom stereocenters. The fourth-order valence-electron chi connectivity index (χ4n) is 4.94. The Morgan fingerprint density at radius 2 is 1.74 bits per heavy atom. The first-order valence-corrected chi connectivity index (χ1v) is 13.7. The number of piperazine rings is 1. The third-order valence-corrected chi connectivity index (χ3v) is 6.74. The summed E-state index contributed by atoms with van der Waals surface area (Å²) in [6, 6.07) is 6.76. The molecule has 2 aliphatic rings. The number of amides is 1. The number of ketones is 1. The van der Waals surface area contributed by atoms with E-state index in [1.54, 1.807) is 0 Å². The lowest BCUT2D eigenvalue weighted by Gasteiger charge is -2.36. The van der Waals surface area contributed by atoms with Crippen molar-refractivity contribution in [2.24, 2.45) is 11.1 Å². The minimum Gasteiger partial charge on any atom is -0.462 e. The highest BCUT2D eigenvalue weighted by atomic mass is 19.1. The molecule has 8 nitrogen and oxygen atoms in total. The largest absolute Gasteiger partial charge is 0.462 e. The number of hydrogen-bond donors (Lipinski definition) is 1. The van der Waals surface area contributed by atoms with Crippen LogP contribution >= 0.6 is 0 Å². The molecular weight excluding hydrogens is 501 g/mol. The Kier molecular flexibility index (Phi) is 19.3. The fourth-order valence-corrected chi connectivity index (χ4v) is 4.94. The Balaban J connectivity index is 0.00000113. The number of terminal acetylenes is 1. The van der Waals surface area contributed by atoms with Gasteiger partial charge in [0.2, 0.25) is 6.41 Å². The Hall–Kier alpha value is -2.96. The summed E-state index contributed by atoms with van der Waals surface area (Å²) < 4.78 is 23.4. The maximum atomic E-state index is 13.1. The van der Waals surface area contributed by atoms with Crippen LogP contribution in [0.1, 0.15) is 65.7 Å². The van der Waals surface area contributed by atoms with Crippen molar-refractivity contribution in [3.05, 3.63) is 30.1 Å². The smallest absolute Gasteiger partial charge is 0.312 e. The molecule has 2 saturated heterocycles. The van der Waals surface area contributed by atoms with E-state index >= 15 is 0 Å². The number of methoxy groups -OCH3 is 1. The van der Waals surface area contributed by atoms with Crippen LogP contribution in [-0.2, 0) is 23.9 Å². The second kappa shape index (κ2) is 20.9. The van der Waals surface area contributed by atoms with Gasteiger partial charge in [0.1, 0.15) is 18.5 Å². The molecule has 1 aromatic carbocycles. The zero-order valence-corrected chi connectivity index (χ0v) is 24.2. The van der Waals surface area contributed by atoms with E-state index in [0.29, 0.717) is 0 Å². The molecule has 2 heterocycles. The molecule has 2 N–H and O–H groups in total. The molecule has 9 heteroatoms. The number of carbonyl (C=O) groups is 3. The highest BCUT2D eigenvalue weighted by Gasteiger charge is 2.47. The van der Waals surface area contributed by atoms with Crippen LogP contribution in [-0.4, -0.2) is 75.6 Å². The topological polar surface area (TPSA) is 102 Å². The minimum atomic E-state index is -0.225. The van der Waals surface area contributed by atoms with Gasteiger partial charge in [-0.1, -0.05) is 33.1 Å². The van der Waals surface area contributed by atoms with Crippen molar-refractivity contribution < 1.29 is 28.2 Å². The molecule has 0 saturated carbocycles. The Morgan fingerprint density at radius 1 is 1.15 bits per heavy atom. The van der Waals surface area contributed by atoms with Gasteiger partial charge in [0.25, 0.3) is 0 Å². The first-order chi connectivity index (χ1) is 18.7. The number of cyclic esters (lactones) is 1. The lowest BCUT2D eigenvalue weighted by molar-refractivity contribution is -0.149. The first kappa shape index (κ1) is 36.0. The maximum absolute atomic E-state index is 13.1. The number of anilines is 1. The quantitative estimate of drug-likeness (QED) is 0.251. The SMILES string of the molecule is C#C.CCCCC1(CCC)C[C@H](CCN2CCN(c3ccc(F)cc3)CC2)OC1=O.COCC(C)=O.NC=O. The second-order valence-corrected chi connectivity index (χ2v) is 9.73. The zero-order chi connectivity index (χ0) is 29.7. The van der Waals surface area contributed by atoms with Gasteiger partial charge in [-0.15, -0.1) is 12.8 Å². The third-order valence-electron chi connectivity index (χ3n) is 6.74. The number of carbonyl (C=O) groups excluding carboxylic acids is 3. The monoisotopic (exact) mass is 549 g/mol. The normalized spacial score (nSPS) is 20.2. The number of halogens is 1. The van der Waals surface area contributed by atoms with E-state index in [-0.39, 0.29) is 42.1 Å². The van der Waals surface area contributed by atoms with Crippen LogP contribution in [0.2, 0.25) is 0 Å². The molecular formula is C30H48FN3O5. The average molecular weight is 550 g/mol. The number of ether oxygens (including phenoxy) is 2.